The van der Waals surface area contributed by atoms with E-state index >= 15 is 0 Å². The fraction of sp³-hybridized carbons (Fsp3) is 0.750. The van der Waals surface area contributed by atoms with Crippen LogP contribution in [0.2, 0.25) is 0 Å². The third-order valence-corrected chi connectivity index (χ3v) is 2.28. The standard InChI is InChI=1S/C8H13N3O/c1-5-3-9-4-7(5)8-10-6(2)11-12-8/h5,7,9H,3-4H2,1-2H3/t5-,7-/m1/s1/i2D3. The number of hydrogen-bond donors (Lipinski definition) is 1. The monoisotopic (exact) mass is 170 g/mol. The molecule has 2 rings (SSSR count). The van der Waals surface area contributed by atoms with Crippen LogP contribution in [0.4, 0.5) is 0 Å². The zero-order valence-corrected chi connectivity index (χ0v) is 6.87. The van der Waals surface area contributed by atoms with Crippen LogP contribution in [-0.4, -0.2) is 23.2 Å². The highest BCUT2D eigenvalue weighted by atomic mass is 16.5. The van der Waals surface area contributed by atoms with Crippen LogP contribution in [0.15, 0.2) is 4.52 Å². The molecule has 2 heterocycles. The van der Waals surface area contributed by atoms with E-state index in [2.05, 4.69) is 22.4 Å². The number of nitrogens with one attached hydrogen (secondary N) is 1. The SMILES string of the molecule is [2H]C([2H])([2H])c1noc([C@@H]2CNC[C@H]2C)n1. The minimum atomic E-state index is -2.28. The average Bonchev–Trinajstić information content (AvgIpc) is 2.69. The van der Waals surface area contributed by atoms with Gasteiger partial charge in [-0.25, -0.2) is 0 Å². The Bertz CT molecular complexity index is 349. The molecule has 0 aliphatic carbocycles. The minimum absolute atomic E-state index is 0.133. The number of aromatic nitrogens is 2. The normalized spacial score (nSPS) is 34.2. The van der Waals surface area contributed by atoms with E-state index in [9.17, 15) is 0 Å². The number of aryl methyl sites for hydroxylation is 1. The van der Waals surface area contributed by atoms with Crippen LogP contribution in [0, 0.1) is 12.8 Å². The van der Waals surface area contributed by atoms with Crippen molar-refractivity contribution in [3.63, 3.8) is 0 Å². The first-order valence-corrected chi connectivity index (χ1v) is 4.03. The second-order valence-electron chi connectivity index (χ2n) is 3.20. The van der Waals surface area contributed by atoms with Gasteiger partial charge in [-0.3, -0.25) is 0 Å². The lowest BCUT2D eigenvalue weighted by Crippen LogP contribution is -2.08. The molecule has 2 atom stereocenters. The van der Waals surface area contributed by atoms with Gasteiger partial charge >= 0.3 is 0 Å². The molecule has 1 N–H and O–H groups in total. The van der Waals surface area contributed by atoms with Crippen LogP contribution in [0.5, 0.6) is 0 Å². The van der Waals surface area contributed by atoms with Gasteiger partial charge in [-0.15, -0.1) is 0 Å². The van der Waals surface area contributed by atoms with Gasteiger partial charge in [-0.05, 0) is 19.3 Å². The summed E-state index contributed by atoms with van der Waals surface area (Å²) in [5.74, 6) is 0.763. The maximum absolute atomic E-state index is 7.14. The molecule has 1 aromatic heterocycles. The van der Waals surface area contributed by atoms with Crippen molar-refractivity contribution < 1.29 is 8.64 Å². The Balaban J connectivity index is 2.20. The van der Waals surface area contributed by atoms with Crippen LogP contribution in [0.1, 0.15) is 28.7 Å². The van der Waals surface area contributed by atoms with E-state index in [4.69, 9.17) is 8.64 Å². The van der Waals surface area contributed by atoms with Gasteiger partial charge in [0.2, 0.25) is 5.89 Å². The van der Waals surface area contributed by atoms with Gasteiger partial charge in [0.1, 0.15) is 0 Å². The largest absolute Gasteiger partial charge is 0.339 e. The second-order valence-corrected chi connectivity index (χ2v) is 3.20. The molecule has 1 aliphatic rings. The molecule has 66 valence electrons. The van der Waals surface area contributed by atoms with Crippen molar-refractivity contribution in [2.75, 3.05) is 13.1 Å². The lowest BCUT2D eigenvalue weighted by Gasteiger charge is -2.06. The molecule has 0 bridgehead atoms. The molecule has 0 unspecified atom stereocenters. The third kappa shape index (κ3) is 1.22. The number of rotatable bonds is 1. The van der Waals surface area contributed by atoms with Crippen LogP contribution in [0.25, 0.3) is 0 Å². The summed E-state index contributed by atoms with van der Waals surface area (Å²) in [4.78, 5) is 3.93. The first-order valence-electron chi connectivity index (χ1n) is 5.53. The van der Waals surface area contributed by atoms with Crippen LogP contribution in [0.3, 0.4) is 0 Å². The summed E-state index contributed by atoms with van der Waals surface area (Å²) in [6, 6.07) is 0. The Hall–Kier alpha value is -0.900. The van der Waals surface area contributed by atoms with Crippen LogP contribution >= 0.6 is 0 Å². The highest BCUT2D eigenvalue weighted by Gasteiger charge is 2.28. The zero-order chi connectivity index (χ0) is 11.1. The van der Waals surface area contributed by atoms with Crippen LogP contribution < -0.4 is 5.32 Å². The topological polar surface area (TPSA) is 51.0 Å². The van der Waals surface area contributed by atoms with Crippen molar-refractivity contribution in [2.45, 2.75) is 19.7 Å². The molecular formula is C8H13N3O. The molecule has 12 heavy (non-hydrogen) atoms. The molecular weight excluding hydrogens is 154 g/mol. The van der Waals surface area contributed by atoms with Gasteiger partial charge in [-0.1, -0.05) is 12.1 Å². The highest BCUT2D eigenvalue weighted by Crippen LogP contribution is 2.25. The molecule has 1 fully saturated rings. The predicted molar refractivity (Wildman–Crippen MR) is 43.8 cm³/mol. The summed E-state index contributed by atoms with van der Waals surface area (Å²) >= 11 is 0. The van der Waals surface area contributed by atoms with Gasteiger partial charge in [0, 0.05) is 10.7 Å². The number of hydrogen-bond acceptors (Lipinski definition) is 4. The van der Waals surface area contributed by atoms with E-state index in [-0.39, 0.29) is 11.7 Å². The van der Waals surface area contributed by atoms with Crippen molar-refractivity contribution in [3.8, 4) is 0 Å². The van der Waals surface area contributed by atoms with E-state index in [0.29, 0.717) is 11.8 Å². The Morgan fingerprint density at radius 1 is 1.67 bits per heavy atom. The quantitative estimate of drug-likeness (QED) is 0.674. The summed E-state index contributed by atoms with van der Waals surface area (Å²) in [6.45, 7) is 1.46. The highest BCUT2D eigenvalue weighted by molar-refractivity contribution is 4.99. The van der Waals surface area contributed by atoms with Crippen molar-refractivity contribution in [2.24, 2.45) is 5.92 Å². The molecule has 0 saturated carbocycles. The molecule has 0 spiro atoms. The fourth-order valence-electron chi connectivity index (χ4n) is 1.53. The van der Waals surface area contributed by atoms with Crippen molar-refractivity contribution in [1.29, 1.82) is 0 Å². The van der Waals surface area contributed by atoms with Crippen molar-refractivity contribution >= 4 is 0 Å². The van der Waals surface area contributed by atoms with E-state index in [0.717, 1.165) is 13.1 Å². The summed E-state index contributed by atoms with van der Waals surface area (Å²) in [6.07, 6.45) is 0. The van der Waals surface area contributed by atoms with E-state index in [1.165, 1.54) is 0 Å². The van der Waals surface area contributed by atoms with Crippen molar-refractivity contribution in [3.05, 3.63) is 11.7 Å². The molecule has 1 saturated heterocycles. The molecule has 0 radical (unpaired) electrons. The molecule has 4 nitrogen and oxygen atoms in total. The Labute approximate surface area is 75.6 Å². The van der Waals surface area contributed by atoms with Gasteiger partial charge < -0.3 is 9.84 Å². The van der Waals surface area contributed by atoms with E-state index in [1.54, 1.807) is 0 Å². The van der Waals surface area contributed by atoms with Gasteiger partial charge in [0.25, 0.3) is 0 Å². The first-order chi connectivity index (χ1) is 6.98. The molecule has 1 aromatic rings. The Morgan fingerprint density at radius 3 is 3.17 bits per heavy atom. The van der Waals surface area contributed by atoms with Crippen molar-refractivity contribution in [1.82, 2.24) is 15.5 Å². The summed E-state index contributed by atoms with van der Waals surface area (Å²) < 4.78 is 26.4. The summed E-state index contributed by atoms with van der Waals surface area (Å²) in [7, 11) is 0. The van der Waals surface area contributed by atoms with E-state index < -0.39 is 6.85 Å². The number of nitrogens with zero attached hydrogens (tertiary/aromatic N) is 2. The third-order valence-electron chi connectivity index (χ3n) is 2.28. The van der Waals surface area contributed by atoms with Gasteiger partial charge in [0.05, 0.1) is 5.92 Å². The minimum Gasteiger partial charge on any atom is -0.339 e. The molecule has 0 amide bonds. The molecule has 1 aliphatic heterocycles. The Morgan fingerprint density at radius 2 is 2.58 bits per heavy atom. The van der Waals surface area contributed by atoms with Gasteiger partial charge in [-0.2, -0.15) is 4.98 Å². The summed E-state index contributed by atoms with van der Waals surface area (Å²) in [5.41, 5.74) is 0. The second kappa shape index (κ2) is 2.86. The van der Waals surface area contributed by atoms with Crippen LogP contribution in [-0.2, 0) is 0 Å². The van der Waals surface area contributed by atoms with E-state index in [1.807, 2.05) is 0 Å². The average molecular weight is 170 g/mol. The first kappa shape index (κ1) is 4.97. The smallest absolute Gasteiger partial charge is 0.231 e. The fourth-order valence-corrected chi connectivity index (χ4v) is 1.53. The predicted octanol–water partition coefficient (Wildman–Crippen LogP) is 0.701. The lowest BCUT2D eigenvalue weighted by atomic mass is 9.98. The zero-order valence-electron chi connectivity index (χ0n) is 9.87. The maximum Gasteiger partial charge on any atom is 0.231 e. The Kier molecular flexibility index (Phi) is 1.18. The molecule has 0 aromatic carbocycles. The summed E-state index contributed by atoms with van der Waals surface area (Å²) in [5, 5.41) is 6.69. The maximum atomic E-state index is 7.14. The molecule has 4 heteroatoms. The van der Waals surface area contributed by atoms with Gasteiger partial charge in [0.15, 0.2) is 5.82 Å². The lowest BCUT2D eigenvalue weighted by molar-refractivity contribution is 0.337.